The average molecular weight is 385 g/mol. The van der Waals surface area contributed by atoms with E-state index in [-0.39, 0.29) is 5.75 Å². The molecule has 0 atom stereocenters. The first-order valence-corrected chi connectivity index (χ1v) is 9.89. The lowest BCUT2D eigenvalue weighted by Gasteiger charge is -2.10. The molecule has 138 valence electrons. The molecule has 0 aliphatic rings. The van der Waals surface area contributed by atoms with Crippen LogP contribution in [-0.2, 0) is 0 Å². The predicted octanol–water partition coefficient (Wildman–Crippen LogP) is 6.28. The second-order valence-corrected chi connectivity index (χ2v) is 7.78. The number of pyridine rings is 2. The number of phenols is 1. The molecular formula is C24H20N2OS. The maximum Gasteiger partial charge on any atom is 0.127 e. The van der Waals surface area contributed by atoms with Gasteiger partial charge in [-0.2, -0.15) is 0 Å². The Labute approximate surface area is 169 Å². The van der Waals surface area contributed by atoms with E-state index >= 15 is 0 Å². The van der Waals surface area contributed by atoms with Gasteiger partial charge in [0.25, 0.3) is 0 Å². The molecule has 4 aromatic rings. The Morgan fingerprint density at radius 2 is 1.64 bits per heavy atom. The van der Waals surface area contributed by atoms with E-state index in [9.17, 15) is 5.11 Å². The van der Waals surface area contributed by atoms with Crippen molar-refractivity contribution in [3.05, 3.63) is 90.1 Å². The van der Waals surface area contributed by atoms with Gasteiger partial charge in [-0.05, 0) is 67.4 Å². The summed E-state index contributed by atoms with van der Waals surface area (Å²) in [7, 11) is 0. The molecule has 0 unspecified atom stereocenters. The van der Waals surface area contributed by atoms with Gasteiger partial charge in [0.2, 0.25) is 0 Å². The molecule has 2 heterocycles. The normalized spacial score (nSPS) is 10.8. The minimum atomic E-state index is 0.287. The van der Waals surface area contributed by atoms with Gasteiger partial charge in [-0.3, -0.25) is 0 Å². The Kier molecular flexibility index (Phi) is 5.13. The largest absolute Gasteiger partial charge is 0.507 e. The molecule has 0 saturated heterocycles. The number of nitrogens with zero attached hydrogens (tertiary/aromatic N) is 2. The first kappa shape index (κ1) is 18.3. The second-order valence-electron chi connectivity index (χ2n) is 6.68. The first-order chi connectivity index (χ1) is 13.6. The van der Waals surface area contributed by atoms with Gasteiger partial charge in [0.1, 0.15) is 10.8 Å². The highest BCUT2D eigenvalue weighted by atomic mass is 32.2. The fraction of sp³-hybridized carbons (Fsp3) is 0.0833. The monoisotopic (exact) mass is 384 g/mol. The molecule has 0 bridgehead atoms. The number of aromatic nitrogens is 2. The van der Waals surface area contributed by atoms with Crippen molar-refractivity contribution in [1.82, 2.24) is 9.97 Å². The zero-order valence-corrected chi connectivity index (χ0v) is 16.6. The van der Waals surface area contributed by atoms with Crippen molar-refractivity contribution in [3.8, 4) is 28.3 Å². The van der Waals surface area contributed by atoms with Crippen LogP contribution in [0, 0.1) is 13.8 Å². The van der Waals surface area contributed by atoms with Crippen LogP contribution >= 0.6 is 11.8 Å². The van der Waals surface area contributed by atoms with Crippen molar-refractivity contribution in [2.75, 3.05) is 0 Å². The summed E-state index contributed by atoms with van der Waals surface area (Å²) < 4.78 is 0. The summed E-state index contributed by atoms with van der Waals surface area (Å²) in [5, 5.41) is 11.5. The average Bonchev–Trinajstić information content (AvgIpc) is 2.72. The number of rotatable bonds is 4. The first-order valence-electron chi connectivity index (χ1n) is 9.07. The van der Waals surface area contributed by atoms with E-state index in [0.717, 1.165) is 43.6 Å². The van der Waals surface area contributed by atoms with Gasteiger partial charge < -0.3 is 5.11 Å². The van der Waals surface area contributed by atoms with Crippen molar-refractivity contribution < 1.29 is 5.11 Å². The summed E-state index contributed by atoms with van der Waals surface area (Å²) in [5.74, 6) is 0.287. The molecule has 0 spiro atoms. The molecule has 0 aliphatic carbocycles. The summed E-state index contributed by atoms with van der Waals surface area (Å²) in [6.45, 7) is 3.94. The third-order valence-corrected chi connectivity index (χ3v) is 5.40. The highest BCUT2D eigenvalue weighted by molar-refractivity contribution is 7.99. The van der Waals surface area contributed by atoms with Crippen molar-refractivity contribution >= 4 is 11.8 Å². The molecule has 1 N–H and O–H groups in total. The third kappa shape index (κ3) is 3.92. The lowest BCUT2D eigenvalue weighted by atomic mass is 10.0. The van der Waals surface area contributed by atoms with Crippen LogP contribution in [0.3, 0.4) is 0 Å². The van der Waals surface area contributed by atoms with E-state index in [1.54, 1.807) is 18.0 Å². The second kappa shape index (κ2) is 7.87. The van der Waals surface area contributed by atoms with Gasteiger partial charge in [-0.25, -0.2) is 9.97 Å². The van der Waals surface area contributed by atoms with Gasteiger partial charge in [0, 0.05) is 22.2 Å². The van der Waals surface area contributed by atoms with E-state index in [2.05, 4.69) is 23.2 Å². The predicted molar refractivity (Wildman–Crippen MR) is 115 cm³/mol. The fourth-order valence-electron chi connectivity index (χ4n) is 3.15. The molecule has 4 heteroatoms. The van der Waals surface area contributed by atoms with Crippen molar-refractivity contribution in [2.45, 2.75) is 23.8 Å². The van der Waals surface area contributed by atoms with Gasteiger partial charge in [0.15, 0.2) is 0 Å². The summed E-state index contributed by atoms with van der Waals surface area (Å²) in [6, 6.07) is 24.0. The Balaban J connectivity index is 1.70. The van der Waals surface area contributed by atoms with Crippen molar-refractivity contribution in [3.63, 3.8) is 0 Å². The molecule has 28 heavy (non-hydrogen) atoms. The number of hydrogen-bond donors (Lipinski definition) is 1. The lowest BCUT2D eigenvalue weighted by Crippen LogP contribution is -1.91. The van der Waals surface area contributed by atoms with Crippen LogP contribution in [0.1, 0.15) is 11.1 Å². The SMILES string of the molecule is Cc1cc(C)c(O)c(-c2cccc(-c3cccc(Sc4ccccn4)c3)n2)c1. The van der Waals surface area contributed by atoms with Crippen LogP contribution in [0.15, 0.2) is 88.9 Å². The van der Waals surface area contributed by atoms with E-state index in [4.69, 9.17) is 4.98 Å². The zero-order chi connectivity index (χ0) is 19.5. The summed E-state index contributed by atoms with van der Waals surface area (Å²) >= 11 is 1.62. The van der Waals surface area contributed by atoms with Crippen LogP contribution in [0.2, 0.25) is 0 Å². The van der Waals surface area contributed by atoms with Crippen LogP contribution < -0.4 is 0 Å². The molecule has 3 nitrogen and oxygen atoms in total. The maximum absolute atomic E-state index is 10.5. The molecule has 0 saturated carbocycles. The Morgan fingerprint density at radius 1 is 0.821 bits per heavy atom. The van der Waals surface area contributed by atoms with Gasteiger partial charge >= 0.3 is 0 Å². The summed E-state index contributed by atoms with van der Waals surface area (Å²) in [5.41, 5.74) is 5.40. The standard InChI is InChI=1S/C24H20N2OS/c1-16-13-17(2)24(27)20(14-16)22-10-6-9-21(26-22)18-7-5-8-19(15-18)28-23-11-3-4-12-25-23/h3-15,27H,1-2H3. The highest BCUT2D eigenvalue weighted by Crippen LogP contribution is 2.34. The smallest absolute Gasteiger partial charge is 0.127 e. The van der Waals surface area contributed by atoms with E-state index < -0.39 is 0 Å². The number of hydrogen-bond acceptors (Lipinski definition) is 4. The van der Waals surface area contributed by atoms with Crippen LogP contribution in [0.4, 0.5) is 0 Å². The van der Waals surface area contributed by atoms with Gasteiger partial charge in [-0.1, -0.05) is 42.1 Å². The zero-order valence-electron chi connectivity index (χ0n) is 15.8. The van der Waals surface area contributed by atoms with E-state index in [1.165, 1.54) is 0 Å². The molecular weight excluding hydrogens is 364 g/mol. The molecule has 4 rings (SSSR count). The summed E-state index contributed by atoms with van der Waals surface area (Å²) in [4.78, 5) is 10.3. The number of benzene rings is 2. The molecule has 0 radical (unpaired) electrons. The minimum absolute atomic E-state index is 0.287. The quantitative estimate of drug-likeness (QED) is 0.449. The minimum Gasteiger partial charge on any atom is -0.507 e. The Morgan fingerprint density at radius 3 is 2.46 bits per heavy atom. The maximum atomic E-state index is 10.5. The number of phenolic OH excluding ortho intramolecular Hbond substituents is 1. The molecule has 2 aromatic heterocycles. The van der Waals surface area contributed by atoms with Gasteiger partial charge in [0.05, 0.1) is 11.4 Å². The summed E-state index contributed by atoms with van der Waals surface area (Å²) in [6.07, 6.45) is 1.80. The van der Waals surface area contributed by atoms with Gasteiger partial charge in [-0.15, -0.1) is 0 Å². The number of aryl methyl sites for hydroxylation is 2. The highest BCUT2D eigenvalue weighted by Gasteiger charge is 2.11. The van der Waals surface area contributed by atoms with Crippen LogP contribution in [0.25, 0.3) is 22.5 Å². The van der Waals surface area contributed by atoms with Crippen molar-refractivity contribution in [1.29, 1.82) is 0 Å². The molecule has 0 fully saturated rings. The number of aromatic hydroxyl groups is 1. The molecule has 2 aromatic carbocycles. The molecule has 0 amide bonds. The van der Waals surface area contributed by atoms with Crippen molar-refractivity contribution in [2.24, 2.45) is 0 Å². The van der Waals surface area contributed by atoms with Crippen LogP contribution in [0.5, 0.6) is 5.75 Å². The third-order valence-electron chi connectivity index (χ3n) is 4.46. The Hall–Kier alpha value is -3.11. The van der Waals surface area contributed by atoms with E-state index in [1.807, 2.05) is 68.4 Å². The Bertz CT molecular complexity index is 1130. The fourth-order valence-corrected chi connectivity index (χ4v) is 3.98. The lowest BCUT2D eigenvalue weighted by molar-refractivity contribution is 0.473. The van der Waals surface area contributed by atoms with E-state index in [0.29, 0.717) is 0 Å². The molecule has 0 aliphatic heterocycles. The topological polar surface area (TPSA) is 46.0 Å². The van der Waals surface area contributed by atoms with Crippen LogP contribution in [-0.4, -0.2) is 15.1 Å².